The lowest BCUT2D eigenvalue weighted by atomic mass is 9.97. The highest BCUT2D eigenvalue weighted by atomic mass is 16.5. The number of benzene rings is 3. The van der Waals surface area contributed by atoms with Crippen LogP contribution in [0.15, 0.2) is 85.5 Å². The van der Waals surface area contributed by atoms with Gasteiger partial charge in [-0.2, -0.15) is 0 Å². The van der Waals surface area contributed by atoms with E-state index in [1.807, 2.05) is 36.4 Å². The molecule has 2 N–H and O–H groups in total. The van der Waals surface area contributed by atoms with Crippen LogP contribution >= 0.6 is 0 Å². The molecular formula is C29H28O6. The number of unbranched alkanes of at least 4 members (excludes halogenated alkanes) is 1. The topological polar surface area (TPSA) is 101 Å². The molecule has 1 unspecified atom stereocenters. The molecule has 0 heterocycles. The summed E-state index contributed by atoms with van der Waals surface area (Å²) in [6.07, 6.45) is 4.17. The number of aryl methyl sites for hydroxylation is 1. The van der Waals surface area contributed by atoms with Gasteiger partial charge in [-0.15, -0.1) is 6.58 Å². The van der Waals surface area contributed by atoms with E-state index in [-0.39, 0.29) is 35.9 Å². The second-order valence-electron chi connectivity index (χ2n) is 8.17. The van der Waals surface area contributed by atoms with Gasteiger partial charge in [0.2, 0.25) is 0 Å². The van der Waals surface area contributed by atoms with Crippen LogP contribution in [0.5, 0.6) is 5.75 Å². The Morgan fingerprint density at radius 2 is 1.60 bits per heavy atom. The van der Waals surface area contributed by atoms with E-state index in [0.717, 1.165) is 24.8 Å². The van der Waals surface area contributed by atoms with Crippen molar-refractivity contribution in [3.05, 3.63) is 113 Å². The fourth-order valence-corrected chi connectivity index (χ4v) is 3.79. The molecule has 0 fully saturated rings. The Morgan fingerprint density at radius 3 is 2.29 bits per heavy atom. The molecule has 0 aliphatic carbocycles. The van der Waals surface area contributed by atoms with Crippen molar-refractivity contribution in [3.8, 4) is 5.75 Å². The zero-order valence-corrected chi connectivity index (χ0v) is 19.4. The molecule has 0 amide bonds. The molecule has 35 heavy (non-hydrogen) atoms. The van der Waals surface area contributed by atoms with Crippen LogP contribution in [0.4, 0.5) is 0 Å². The summed E-state index contributed by atoms with van der Waals surface area (Å²) in [5.41, 5.74) is 2.22. The highest BCUT2D eigenvalue weighted by molar-refractivity contribution is 6.10. The van der Waals surface area contributed by atoms with Crippen LogP contribution in [-0.4, -0.2) is 27.9 Å². The number of hydrogen-bond acceptors (Lipinski definition) is 4. The van der Waals surface area contributed by atoms with Gasteiger partial charge in [-0.3, -0.25) is 9.59 Å². The standard InChI is InChI=1S/C29H28O6/c1-2-3-5-13-25(20-9-6-4-7-10-20)35-26-16-14-23(18-21(26)15-17-27(30)31)28(32)22-11-8-12-24(19-22)29(33)34/h2,4,6-12,14,16,18-19,25H,1,3,5,13,15,17H2,(H,30,31)(H,33,34). The SMILES string of the molecule is C=CCCCC(Oc1ccc(C(=O)c2cccc(C(=O)O)c2)cc1CCC(=O)O)c1ccccc1. The summed E-state index contributed by atoms with van der Waals surface area (Å²) in [6, 6.07) is 20.6. The van der Waals surface area contributed by atoms with Gasteiger partial charge in [-0.25, -0.2) is 4.79 Å². The highest BCUT2D eigenvalue weighted by Gasteiger charge is 2.19. The van der Waals surface area contributed by atoms with Crippen molar-refractivity contribution in [2.45, 2.75) is 38.2 Å². The van der Waals surface area contributed by atoms with E-state index in [1.54, 1.807) is 24.3 Å². The molecule has 0 aromatic heterocycles. The summed E-state index contributed by atoms with van der Waals surface area (Å²) < 4.78 is 6.39. The maximum atomic E-state index is 13.1. The third-order valence-electron chi connectivity index (χ3n) is 5.62. The smallest absolute Gasteiger partial charge is 0.335 e. The molecule has 6 heteroatoms. The molecule has 3 aromatic rings. The van der Waals surface area contributed by atoms with E-state index in [4.69, 9.17) is 4.74 Å². The van der Waals surface area contributed by atoms with Gasteiger partial charge in [0, 0.05) is 17.5 Å². The lowest BCUT2D eigenvalue weighted by Gasteiger charge is -2.22. The second kappa shape index (κ2) is 12.3. The third kappa shape index (κ3) is 7.14. The van der Waals surface area contributed by atoms with Gasteiger partial charge >= 0.3 is 11.9 Å². The second-order valence-corrected chi connectivity index (χ2v) is 8.17. The van der Waals surface area contributed by atoms with Crippen molar-refractivity contribution in [2.24, 2.45) is 0 Å². The maximum absolute atomic E-state index is 13.1. The minimum absolute atomic E-state index is 0.0205. The van der Waals surface area contributed by atoms with E-state index in [2.05, 4.69) is 6.58 Å². The van der Waals surface area contributed by atoms with Gasteiger partial charge in [0.25, 0.3) is 0 Å². The number of allylic oxidation sites excluding steroid dienone is 1. The van der Waals surface area contributed by atoms with Crippen LogP contribution in [0.25, 0.3) is 0 Å². The fraction of sp³-hybridized carbons (Fsp3) is 0.207. The van der Waals surface area contributed by atoms with Gasteiger partial charge in [-0.1, -0.05) is 48.5 Å². The third-order valence-corrected chi connectivity index (χ3v) is 5.62. The number of aliphatic carboxylic acids is 1. The highest BCUT2D eigenvalue weighted by Crippen LogP contribution is 2.31. The summed E-state index contributed by atoms with van der Waals surface area (Å²) in [6.45, 7) is 3.77. The Morgan fingerprint density at radius 1 is 0.886 bits per heavy atom. The van der Waals surface area contributed by atoms with Gasteiger partial charge in [-0.05, 0) is 67.1 Å². The van der Waals surface area contributed by atoms with Gasteiger partial charge < -0.3 is 14.9 Å². The van der Waals surface area contributed by atoms with Crippen LogP contribution < -0.4 is 4.74 Å². The molecule has 180 valence electrons. The number of carbonyl (C=O) groups excluding carboxylic acids is 1. The van der Waals surface area contributed by atoms with Crippen LogP contribution in [0.3, 0.4) is 0 Å². The first kappa shape index (κ1) is 25.4. The Bertz CT molecular complexity index is 1200. The summed E-state index contributed by atoms with van der Waals surface area (Å²) in [7, 11) is 0. The van der Waals surface area contributed by atoms with E-state index in [9.17, 15) is 24.6 Å². The van der Waals surface area contributed by atoms with Crippen molar-refractivity contribution < 1.29 is 29.3 Å². The van der Waals surface area contributed by atoms with Crippen molar-refractivity contribution in [3.63, 3.8) is 0 Å². The van der Waals surface area contributed by atoms with E-state index in [0.29, 0.717) is 16.9 Å². The Hall–Kier alpha value is -4.19. The van der Waals surface area contributed by atoms with Gasteiger partial charge in [0.15, 0.2) is 5.78 Å². The molecule has 0 aliphatic heterocycles. The zero-order chi connectivity index (χ0) is 25.2. The number of carboxylic acids is 2. The van der Waals surface area contributed by atoms with Crippen LogP contribution in [0.1, 0.15) is 69.2 Å². The lowest BCUT2D eigenvalue weighted by molar-refractivity contribution is -0.136. The summed E-state index contributed by atoms with van der Waals surface area (Å²) in [5.74, 6) is -1.89. The first-order valence-corrected chi connectivity index (χ1v) is 11.4. The first-order valence-electron chi connectivity index (χ1n) is 11.4. The largest absolute Gasteiger partial charge is 0.485 e. The molecule has 3 rings (SSSR count). The van der Waals surface area contributed by atoms with Crippen molar-refractivity contribution >= 4 is 17.7 Å². The number of hydrogen-bond donors (Lipinski definition) is 2. The molecular weight excluding hydrogens is 444 g/mol. The Labute approximate surface area is 204 Å². The number of ketones is 1. The van der Waals surface area contributed by atoms with Crippen LogP contribution in [-0.2, 0) is 11.2 Å². The van der Waals surface area contributed by atoms with E-state index in [1.165, 1.54) is 18.2 Å². The Balaban J connectivity index is 1.93. The lowest BCUT2D eigenvalue weighted by Crippen LogP contribution is -2.11. The average molecular weight is 473 g/mol. The number of aromatic carboxylic acids is 1. The number of carbonyl (C=O) groups is 3. The van der Waals surface area contributed by atoms with E-state index >= 15 is 0 Å². The van der Waals surface area contributed by atoms with Crippen molar-refractivity contribution in [1.82, 2.24) is 0 Å². The normalized spacial score (nSPS) is 11.4. The summed E-state index contributed by atoms with van der Waals surface area (Å²) in [5, 5.41) is 18.5. The van der Waals surface area contributed by atoms with Crippen molar-refractivity contribution in [2.75, 3.05) is 0 Å². The molecule has 0 bridgehead atoms. The average Bonchev–Trinajstić information content (AvgIpc) is 2.87. The van der Waals surface area contributed by atoms with Crippen LogP contribution in [0, 0.1) is 0 Å². The van der Waals surface area contributed by atoms with Gasteiger partial charge in [0.05, 0.1) is 5.56 Å². The van der Waals surface area contributed by atoms with Crippen molar-refractivity contribution in [1.29, 1.82) is 0 Å². The monoisotopic (exact) mass is 472 g/mol. The van der Waals surface area contributed by atoms with Crippen LogP contribution in [0.2, 0.25) is 0 Å². The fourth-order valence-electron chi connectivity index (χ4n) is 3.79. The molecule has 6 nitrogen and oxygen atoms in total. The quantitative estimate of drug-likeness (QED) is 0.177. The molecule has 0 radical (unpaired) electrons. The predicted octanol–water partition coefficient (Wildman–Crippen LogP) is 6.11. The number of carboxylic acid groups (broad SMARTS) is 2. The predicted molar refractivity (Wildman–Crippen MR) is 133 cm³/mol. The van der Waals surface area contributed by atoms with Gasteiger partial charge in [0.1, 0.15) is 11.9 Å². The number of ether oxygens (including phenoxy) is 1. The molecule has 3 aromatic carbocycles. The summed E-state index contributed by atoms with van der Waals surface area (Å²) >= 11 is 0. The minimum atomic E-state index is -1.12. The molecule has 0 saturated heterocycles. The minimum Gasteiger partial charge on any atom is -0.485 e. The summed E-state index contributed by atoms with van der Waals surface area (Å²) in [4.78, 5) is 35.6. The first-order chi connectivity index (χ1) is 16.9. The molecule has 1 atom stereocenters. The van der Waals surface area contributed by atoms with E-state index < -0.39 is 11.9 Å². The maximum Gasteiger partial charge on any atom is 0.335 e. The molecule has 0 saturated carbocycles. The molecule has 0 aliphatic rings. The Kier molecular flexibility index (Phi) is 8.95. The number of rotatable bonds is 13. The molecule has 0 spiro atoms. The zero-order valence-electron chi connectivity index (χ0n) is 19.4.